The van der Waals surface area contributed by atoms with Crippen molar-refractivity contribution in [1.82, 2.24) is 10.2 Å². The van der Waals surface area contributed by atoms with E-state index in [2.05, 4.69) is 36.8 Å². The van der Waals surface area contributed by atoms with E-state index >= 15 is 0 Å². The number of hydrogen-bond donors (Lipinski definition) is 3. The molecule has 190 valence electrons. The van der Waals surface area contributed by atoms with Crippen molar-refractivity contribution >= 4 is 45.2 Å². The number of carboxylic acid groups (broad SMARTS) is 1. The second-order valence-corrected chi connectivity index (χ2v) is 9.48. The summed E-state index contributed by atoms with van der Waals surface area (Å²) >= 11 is 3.07. The van der Waals surface area contributed by atoms with Crippen LogP contribution in [-0.4, -0.2) is 27.2 Å². The molecule has 0 bridgehead atoms. The first-order chi connectivity index (χ1) is 17.1. The molecule has 1 amide bonds. The number of amides is 1. The van der Waals surface area contributed by atoms with Gasteiger partial charge in [-0.2, -0.15) is 13.2 Å². The summed E-state index contributed by atoms with van der Waals surface area (Å²) in [4.78, 5) is 23.4. The second kappa shape index (κ2) is 10.7. The van der Waals surface area contributed by atoms with Gasteiger partial charge in [0, 0.05) is 16.6 Å². The molecule has 2 aromatic carbocycles. The van der Waals surface area contributed by atoms with Crippen LogP contribution in [0.5, 0.6) is 0 Å². The van der Waals surface area contributed by atoms with Gasteiger partial charge in [-0.3, -0.25) is 9.59 Å². The van der Waals surface area contributed by atoms with Crippen LogP contribution in [0.2, 0.25) is 0 Å². The molecule has 1 aliphatic rings. The van der Waals surface area contributed by atoms with Gasteiger partial charge in [-0.15, -0.1) is 5.10 Å². The summed E-state index contributed by atoms with van der Waals surface area (Å²) in [6, 6.07) is 10.3. The minimum absolute atomic E-state index is 0.136. The zero-order valence-corrected chi connectivity index (χ0v) is 20.4. The lowest BCUT2D eigenvalue weighted by molar-refractivity contribution is -0.139. The number of benzene rings is 2. The topological polar surface area (TPSA) is 117 Å². The van der Waals surface area contributed by atoms with Gasteiger partial charge in [0.05, 0.1) is 11.3 Å². The maximum atomic E-state index is 12.8. The van der Waals surface area contributed by atoms with E-state index in [1.165, 1.54) is 6.07 Å². The molecule has 1 fully saturated rings. The van der Waals surface area contributed by atoms with Crippen LogP contribution < -0.4 is 10.6 Å². The van der Waals surface area contributed by atoms with E-state index < -0.39 is 23.6 Å². The first-order valence-electron chi connectivity index (χ1n) is 11.2. The standard InChI is InChI=1S/C24H22BrF3N4O4/c25-18-12-16(24(26,27)28)7-10-19(18)30-23-32-31-22(36-23)21(35)29-17-8-5-15(6-9-17)14-3-1-13(2-4-14)11-20(33)34/h5-10,12-14H,1-4,11H2,(H,29,35)(H,30,32)(H,33,34)/t13-,14-. The third-order valence-corrected chi connectivity index (χ3v) is 6.76. The first-order valence-corrected chi connectivity index (χ1v) is 12.0. The Labute approximate surface area is 212 Å². The Morgan fingerprint density at radius 2 is 1.75 bits per heavy atom. The highest BCUT2D eigenvalue weighted by molar-refractivity contribution is 9.10. The molecule has 0 atom stereocenters. The van der Waals surface area contributed by atoms with Crippen molar-refractivity contribution < 1.29 is 32.3 Å². The summed E-state index contributed by atoms with van der Waals surface area (Å²) in [6.07, 6.45) is -0.645. The number of alkyl halides is 3. The SMILES string of the molecule is O=C(O)C[C@H]1CC[C@H](c2ccc(NC(=O)c3nnc(Nc4ccc(C(F)(F)F)cc4Br)o3)cc2)CC1. The quantitative estimate of drug-likeness (QED) is 0.295. The average Bonchev–Trinajstić information content (AvgIpc) is 3.29. The van der Waals surface area contributed by atoms with Gasteiger partial charge in [0.2, 0.25) is 0 Å². The first kappa shape index (κ1) is 25.7. The maximum Gasteiger partial charge on any atom is 0.416 e. The van der Waals surface area contributed by atoms with Gasteiger partial charge in [-0.1, -0.05) is 17.2 Å². The van der Waals surface area contributed by atoms with Gasteiger partial charge < -0.3 is 20.2 Å². The molecule has 1 saturated carbocycles. The number of carboxylic acids is 1. The number of hydrogen-bond acceptors (Lipinski definition) is 6. The molecule has 1 aromatic heterocycles. The fourth-order valence-corrected chi connectivity index (χ4v) is 4.72. The Morgan fingerprint density at radius 3 is 2.36 bits per heavy atom. The fourth-order valence-electron chi connectivity index (χ4n) is 4.24. The number of aliphatic carboxylic acids is 1. The minimum atomic E-state index is -4.48. The maximum absolute atomic E-state index is 12.8. The van der Waals surface area contributed by atoms with E-state index in [4.69, 9.17) is 9.52 Å². The van der Waals surface area contributed by atoms with Crippen LogP contribution in [0, 0.1) is 5.92 Å². The highest BCUT2D eigenvalue weighted by Gasteiger charge is 2.31. The smallest absolute Gasteiger partial charge is 0.416 e. The third kappa shape index (κ3) is 6.42. The number of aromatic nitrogens is 2. The van der Waals surface area contributed by atoms with Crippen molar-refractivity contribution in [1.29, 1.82) is 0 Å². The van der Waals surface area contributed by atoms with E-state index in [0.29, 0.717) is 11.6 Å². The molecular weight excluding hydrogens is 545 g/mol. The van der Waals surface area contributed by atoms with Gasteiger partial charge in [0.1, 0.15) is 0 Å². The Balaban J connectivity index is 1.33. The summed E-state index contributed by atoms with van der Waals surface area (Å²) in [6.45, 7) is 0. The van der Waals surface area contributed by atoms with Crippen LogP contribution >= 0.6 is 15.9 Å². The monoisotopic (exact) mass is 566 g/mol. The molecule has 0 saturated heterocycles. The Morgan fingerprint density at radius 1 is 1.06 bits per heavy atom. The van der Waals surface area contributed by atoms with Crippen molar-refractivity contribution in [2.24, 2.45) is 5.92 Å². The van der Waals surface area contributed by atoms with Crippen LogP contribution in [0.15, 0.2) is 51.4 Å². The molecule has 3 aromatic rings. The number of nitrogens with one attached hydrogen (secondary N) is 2. The van der Waals surface area contributed by atoms with Crippen molar-refractivity contribution in [3.05, 3.63) is 64.0 Å². The average molecular weight is 567 g/mol. The lowest BCUT2D eigenvalue weighted by Crippen LogP contribution is -2.16. The number of anilines is 3. The second-order valence-electron chi connectivity index (χ2n) is 8.62. The van der Waals surface area contributed by atoms with E-state index in [0.717, 1.165) is 43.4 Å². The van der Waals surface area contributed by atoms with E-state index in [1.807, 2.05) is 12.1 Å². The fraction of sp³-hybridized carbons (Fsp3) is 0.333. The zero-order chi connectivity index (χ0) is 25.9. The van der Waals surface area contributed by atoms with Gasteiger partial charge in [-0.25, -0.2) is 0 Å². The van der Waals surface area contributed by atoms with Crippen LogP contribution in [0.3, 0.4) is 0 Å². The molecule has 4 rings (SSSR count). The van der Waals surface area contributed by atoms with Crippen molar-refractivity contribution in [3.8, 4) is 0 Å². The Bertz CT molecular complexity index is 1240. The van der Waals surface area contributed by atoms with Gasteiger partial charge in [0.15, 0.2) is 0 Å². The summed E-state index contributed by atoms with van der Waals surface area (Å²) in [5, 5.41) is 21.7. The van der Waals surface area contributed by atoms with Gasteiger partial charge in [-0.05, 0) is 89.3 Å². The molecule has 8 nitrogen and oxygen atoms in total. The van der Waals surface area contributed by atoms with E-state index in [1.54, 1.807) is 12.1 Å². The summed E-state index contributed by atoms with van der Waals surface area (Å²) < 4.78 is 43.9. The van der Waals surface area contributed by atoms with E-state index in [-0.39, 0.29) is 34.4 Å². The third-order valence-electron chi connectivity index (χ3n) is 6.11. The summed E-state index contributed by atoms with van der Waals surface area (Å²) in [5.41, 5.74) is 1.10. The molecule has 36 heavy (non-hydrogen) atoms. The highest BCUT2D eigenvalue weighted by atomic mass is 79.9. The predicted molar refractivity (Wildman–Crippen MR) is 128 cm³/mol. The molecule has 0 radical (unpaired) electrons. The predicted octanol–water partition coefficient (Wildman–Crippen LogP) is 6.60. The highest BCUT2D eigenvalue weighted by Crippen LogP contribution is 2.37. The number of carbonyl (C=O) groups excluding carboxylic acids is 1. The molecule has 0 spiro atoms. The number of nitrogens with zero attached hydrogens (tertiary/aromatic N) is 2. The normalized spacial score (nSPS) is 18.0. The lowest BCUT2D eigenvalue weighted by Gasteiger charge is -2.28. The van der Waals surface area contributed by atoms with E-state index in [9.17, 15) is 22.8 Å². The van der Waals surface area contributed by atoms with Crippen LogP contribution in [-0.2, 0) is 11.0 Å². The van der Waals surface area contributed by atoms with Crippen LogP contribution in [0.1, 0.15) is 59.8 Å². The van der Waals surface area contributed by atoms with Gasteiger partial charge >= 0.3 is 30.0 Å². The van der Waals surface area contributed by atoms with Crippen molar-refractivity contribution in [3.63, 3.8) is 0 Å². The largest absolute Gasteiger partial charge is 0.481 e. The zero-order valence-electron chi connectivity index (χ0n) is 18.8. The Hall–Kier alpha value is -3.41. The van der Waals surface area contributed by atoms with Crippen molar-refractivity contribution in [2.45, 2.75) is 44.2 Å². The lowest BCUT2D eigenvalue weighted by atomic mass is 9.77. The van der Waals surface area contributed by atoms with Crippen LogP contribution in [0.25, 0.3) is 0 Å². The van der Waals surface area contributed by atoms with Crippen molar-refractivity contribution in [2.75, 3.05) is 10.6 Å². The number of carbonyl (C=O) groups is 2. The molecule has 1 aliphatic carbocycles. The summed E-state index contributed by atoms with van der Waals surface area (Å²) in [7, 11) is 0. The molecule has 0 unspecified atom stereocenters. The molecule has 3 N–H and O–H groups in total. The van der Waals surface area contributed by atoms with Crippen LogP contribution in [0.4, 0.5) is 30.6 Å². The molecule has 1 heterocycles. The minimum Gasteiger partial charge on any atom is -0.481 e. The number of halogens is 4. The number of rotatable bonds is 7. The molecule has 12 heteroatoms. The Kier molecular flexibility index (Phi) is 7.62. The molecule has 0 aliphatic heterocycles. The molecular formula is C24H22BrF3N4O4. The summed E-state index contributed by atoms with van der Waals surface area (Å²) in [5.74, 6) is -1.12. The van der Waals surface area contributed by atoms with Gasteiger partial charge in [0.25, 0.3) is 0 Å².